The third-order valence-electron chi connectivity index (χ3n) is 5.71. The number of hydrogen-bond acceptors (Lipinski definition) is 5. The maximum Gasteiger partial charge on any atom is 0.305 e. The monoisotopic (exact) mass is 424 g/mol. The van der Waals surface area contributed by atoms with Gasteiger partial charge in [0.05, 0.1) is 24.1 Å². The lowest BCUT2D eigenvalue weighted by Crippen LogP contribution is -2.53. The second kappa shape index (κ2) is 8.77. The number of likely N-dealkylation sites (N-methyl/N-ethyl adjacent to an activating group) is 1. The van der Waals surface area contributed by atoms with Gasteiger partial charge in [0, 0.05) is 18.3 Å². The summed E-state index contributed by atoms with van der Waals surface area (Å²) in [4.78, 5) is 38.3. The molecule has 8 heteroatoms. The SMILES string of the molecule is CN1C(=O)c2cc(NC(=O)c3ccccc3)ccc2OC[C@H]2O[C@@H](CC(=O)O)CC[C@@H]21. The van der Waals surface area contributed by atoms with Crippen molar-refractivity contribution < 1.29 is 29.0 Å². The lowest BCUT2D eigenvalue weighted by atomic mass is 9.94. The second-order valence-corrected chi connectivity index (χ2v) is 7.80. The highest BCUT2D eigenvalue weighted by molar-refractivity contribution is 6.05. The van der Waals surface area contributed by atoms with Crippen LogP contribution in [0, 0.1) is 0 Å². The number of carboxylic acid groups (broad SMARTS) is 1. The first-order valence-electron chi connectivity index (χ1n) is 10.2. The quantitative estimate of drug-likeness (QED) is 0.782. The summed E-state index contributed by atoms with van der Waals surface area (Å²) in [7, 11) is 1.71. The minimum Gasteiger partial charge on any atom is -0.490 e. The van der Waals surface area contributed by atoms with Crippen molar-refractivity contribution in [3.8, 4) is 5.75 Å². The van der Waals surface area contributed by atoms with Gasteiger partial charge in [0.2, 0.25) is 0 Å². The first-order chi connectivity index (χ1) is 14.9. The summed E-state index contributed by atoms with van der Waals surface area (Å²) in [5.41, 5.74) is 1.38. The Morgan fingerprint density at radius 1 is 1.16 bits per heavy atom. The summed E-state index contributed by atoms with van der Waals surface area (Å²) in [6.07, 6.45) is 0.332. The van der Waals surface area contributed by atoms with E-state index in [2.05, 4.69) is 5.32 Å². The van der Waals surface area contributed by atoms with Gasteiger partial charge in [0.15, 0.2) is 0 Å². The van der Waals surface area contributed by atoms with Crippen LogP contribution in [0.25, 0.3) is 0 Å². The van der Waals surface area contributed by atoms with Gasteiger partial charge in [-0.25, -0.2) is 0 Å². The van der Waals surface area contributed by atoms with E-state index in [1.165, 1.54) is 0 Å². The standard InChI is InChI=1S/C23H24N2O6/c1-25-18-9-8-16(12-21(26)27)31-20(18)13-30-19-10-7-15(11-17(19)23(25)29)24-22(28)14-5-3-2-4-6-14/h2-7,10-11,16,18,20H,8-9,12-13H2,1H3,(H,24,28)(H,26,27)/t16-,18+,20-/m1/s1. The molecule has 0 aromatic heterocycles. The molecule has 0 bridgehead atoms. The molecule has 31 heavy (non-hydrogen) atoms. The number of fused-ring (bicyclic) bond motifs is 2. The number of amides is 2. The Labute approximate surface area is 179 Å². The van der Waals surface area contributed by atoms with Crippen molar-refractivity contribution >= 4 is 23.5 Å². The number of carbonyl (C=O) groups is 3. The largest absolute Gasteiger partial charge is 0.490 e. The van der Waals surface area contributed by atoms with Crippen molar-refractivity contribution in [2.45, 2.75) is 37.5 Å². The maximum atomic E-state index is 13.2. The summed E-state index contributed by atoms with van der Waals surface area (Å²) in [6, 6.07) is 13.6. The van der Waals surface area contributed by atoms with E-state index in [0.717, 1.165) is 0 Å². The molecule has 2 aromatic carbocycles. The number of hydrogen-bond donors (Lipinski definition) is 2. The predicted octanol–water partition coefficient (Wildman–Crippen LogP) is 2.79. The average Bonchev–Trinajstić information content (AvgIpc) is 2.77. The first-order valence-corrected chi connectivity index (χ1v) is 10.2. The molecule has 162 valence electrons. The number of carbonyl (C=O) groups excluding carboxylic acids is 2. The van der Waals surface area contributed by atoms with E-state index in [1.807, 2.05) is 6.07 Å². The van der Waals surface area contributed by atoms with Crippen LogP contribution in [-0.4, -0.2) is 59.7 Å². The van der Waals surface area contributed by atoms with E-state index in [4.69, 9.17) is 14.6 Å². The molecule has 2 heterocycles. The molecule has 0 radical (unpaired) electrons. The van der Waals surface area contributed by atoms with Crippen molar-refractivity contribution in [1.29, 1.82) is 0 Å². The molecule has 1 fully saturated rings. The first kappa shape index (κ1) is 20.9. The summed E-state index contributed by atoms with van der Waals surface area (Å²) >= 11 is 0. The Balaban J connectivity index is 1.54. The molecule has 0 spiro atoms. The number of aliphatic carboxylic acids is 1. The Hall–Kier alpha value is -3.39. The second-order valence-electron chi connectivity index (χ2n) is 7.80. The van der Waals surface area contributed by atoms with E-state index >= 15 is 0 Å². The maximum absolute atomic E-state index is 13.2. The number of nitrogens with one attached hydrogen (secondary N) is 1. The number of anilines is 1. The van der Waals surface area contributed by atoms with Crippen molar-refractivity contribution in [2.24, 2.45) is 0 Å². The molecular formula is C23H24N2O6. The molecule has 2 aliphatic rings. The molecule has 0 aliphatic carbocycles. The van der Waals surface area contributed by atoms with Crippen molar-refractivity contribution in [3.63, 3.8) is 0 Å². The zero-order valence-corrected chi connectivity index (χ0v) is 17.1. The van der Waals surface area contributed by atoms with Gasteiger partial charge in [-0.1, -0.05) is 18.2 Å². The summed E-state index contributed by atoms with van der Waals surface area (Å²) in [5, 5.41) is 11.9. The number of rotatable bonds is 4. The van der Waals surface area contributed by atoms with Gasteiger partial charge in [0.1, 0.15) is 18.5 Å². The topological polar surface area (TPSA) is 105 Å². The molecule has 2 N–H and O–H groups in total. The van der Waals surface area contributed by atoms with Crippen LogP contribution in [-0.2, 0) is 9.53 Å². The molecular weight excluding hydrogens is 400 g/mol. The van der Waals surface area contributed by atoms with Crippen LogP contribution in [0.1, 0.15) is 40.0 Å². The Bertz CT molecular complexity index is 993. The molecule has 8 nitrogen and oxygen atoms in total. The van der Waals surface area contributed by atoms with Crippen LogP contribution in [0.5, 0.6) is 5.75 Å². The fourth-order valence-electron chi connectivity index (χ4n) is 4.09. The molecule has 2 amide bonds. The Morgan fingerprint density at radius 3 is 2.68 bits per heavy atom. The van der Waals surface area contributed by atoms with Gasteiger partial charge in [-0.3, -0.25) is 14.4 Å². The van der Waals surface area contributed by atoms with Crippen molar-refractivity contribution in [2.75, 3.05) is 19.0 Å². The van der Waals surface area contributed by atoms with Gasteiger partial charge in [-0.15, -0.1) is 0 Å². The minimum absolute atomic E-state index is 0.0675. The number of nitrogens with zero attached hydrogens (tertiary/aromatic N) is 1. The van der Waals surface area contributed by atoms with Crippen molar-refractivity contribution in [3.05, 3.63) is 59.7 Å². The lowest BCUT2D eigenvalue weighted by Gasteiger charge is -2.42. The number of carboxylic acids is 1. The number of benzene rings is 2. The molecule has 0 unspecified atom stereocenters. The van der Waals surface area contributed by atoms with Crippen LogP contribution in [0.4, 0.5) is 5.69 Å². The third-order valence-corrected chi connectivity index (χ3v) is 5.71. The molecule has 2 aromatic rings. The van der Waals surface area contributed by atoms with Crippen LogP contribution in [0.3, 0.4) is 0 Å². The summed E-state index contributed by atoms with van der Waals surface area (Å²) in [5.74, 6) is -1.01. The van der Waals surface area contributed by atoms with Gasteiger partial charge >= 0.3 is 5.97 Å². The minimum atomic E-state index is -0.907. The van der Waals surface area contributed by atoms with E-state index < -0.39 is 12.1 Å². The highest BCUT2D eigenvalue weighted by atomic mass is 16.5. The fraction of sp³-hybridized carbons (Fsp3) is 0.348. The zero-order chi connectivity index (χ0) is 22.0. The van der Waals surface area contributed by atoms with Crippen molar-refractivity contribution in [1.82, 2.24) is 4.90 Å². The average molecular weight is 424 g/mol. The van der Waals surface area contributed by atoms with Gasteiger partial charge < -0.3 is 24.8 Å². The normalized spacial score (nSPS) is 22.9. The molecule has 1 saturated heterocycles. The van der Waals surface area contributed by atoms with Crippen LogP contribution < -0.4 is 10.1 Å². The summed E-state index contributed by atoms with van der Waals surface area (Å²) in [6.45, 7) is 0.209. The van der Waals surface area contributed by atoms with E-state index in [9.17, 15) is 14.4 Å². The third kappa shape index (κ3) is 4.54. The molecule has 2 aliphatic heterocycles. The fourth-order valence-corrected chi connectivity index (χ4v) is 4.09. The highest BCUT2D eigenvalue weighted by Gasteiger charge is 2.39. The molecule has 4 rings (SSSR count). The van der Waals surface area contributed by atoms with Gasteiger partial charge in [-0.2, -0.15) is 0 Å². The smallest absolute Gasteiger partial charge is 0.305 e. The van der Waals surface area contributed by atoms with Crippen LogP contribution in [0.2, 0.25) is 0 Å². The van der Waals surface area contributed by atoms with Crippen LogP contribution in [0.15, 0.2) is 48.5 Å². The van der Waals surface area contributed by atoms with E-state index in [0.29, 0.717) is 35.4 Å². The Morgan fingerprint density at radius 2 is 1.94 bits per heavy atom. The lowest BCUT2D eigenvalue weighted by molar-refractivity contribution is -0.148. The van der Waals surface area contributed by atoms with Crippen LogP contribution >= 0.6 is 0 Å². The summed E-state index contributed by atoms with van der Waals surface area (Å²) < 4.78 is 11.8. The number of ether oxygens (including phenoxy) is 2. The van der Waals surface area contributed by atoms with E-state index in [1.54, 1.807) is 54.4 Å². The van der Waals surface area contributed by atoms with E-state index in [-0.39, 0.29) is 37.0 Å². The predicted molar refractivity (Wildman–Crippen MR) is 112 cm³/mol. The highest BCUT2D eigenvalue weighted by Crippen LogP contribution is 2.32. The van der Waals surface area contributed by atoms with Gasteiger partial charge in [-0.05, 0) is 43.2 Å². The molecule has 0 saturated carbocycles. The molecule has 3 atom stereocenters. The van der Waals surface area contributed by atoms with Gasteiger partial charge in [0.25, 0.3) is 11.8 Å². The zero-order valence-electron chi connectivity index (χ0n) is 17.1. The Kier molecular flexibility index (Phi) is 5.90.